The van der Waals surface area contributed by atoms with E-state index < -0.39 is 17.9 Å². The van der Waals surface area contributed by atoms with Gasteiger partial charge in [0.1, 0.15) is 5.92 Å². The second-order valence-electron chi connectivity index (χ2n) is 4.59. The molecule has 0 aliphatic carbocycles. The molecule has 5 nitrogen and oxygen atoms in total. The van der Waals surface area contributed by atoms with Crippen LogP contribution in [0.15, 0.2) is 54.6 Å². The van der Waals surface area contributed by atoms with E-state index >= 15 is 0 Å². The van der Waals surface area contributed by atoms with Gasteiger partial charge >= 0.3 is 12.0 Å². The Morgan fingerprint density at radius 1 is 1.05 bits per heavy atom. The van der Waals surface area contributed by atoms with Crippen LogP contribution in [0.2, 0.25) is 0 Å². The normalized spacial score (nSPS) is 11.5. The second-order valence-corrected chi connectivity index (χ2v) is 4.59. The van der Waals surface area contributed by atoms with Crippen molar-refractivity contribution in [3.63, 3.8) is 0 Å². The van der Waals surface area contributed by atoms with E-state index in [1.54, 1.807) is 0 Å². The van der Waals surface area contributed by atoms with Crippen LogP contribution in [-0.2, 0) is 9.63 Å². The van der Waals surface area contributed by atoms with Gasteiger partial charge in [0.15, 0.2) is 0 Å². The summed E-state index contributed by atoms with van der Waals surface area (Å²) < 4.78 is 0. The molecule has 0 aromatic heterocycles. The number of benzene rings is 2. The number of nitrogens with two attached hydrogens (primary N) is 1. The zero-order valence-electron chi connectivity index (χ0n) is 11.6. The molecule has 0 radical (unpaired) electrons. The molecule has 1 unspecified atom stereocenters. The van der Waals surface area contributed by atoms with Crippen LogP contribution in [0.25, 0.3) is 0 Å². The molecule has 0 aliphatic heterocycles. The molecule has 0 saturated heterocycles. The van der Waals surface area contributed by atoms with E-state index in [2.05, 4.69) is 0 Å². The lowest BCUT2D eigenvalue weighted by Crippen LogP contribution is -2.34. The highest BCUT2D eigenvalue weighted by molar-refractivity contribution is 5.84. The number of hydrogen-bond donors (Lipinski definition) is 2. The summed E-state index contributed by atoms with van der Waals surface area (Å²) in [5, 5.41) is 0. The van der Waals surface area contributed by atoms with Crippen LogP contribution in [0, 0.1) is 6.92 Å². The minimum absolute atomic E-state index is 0.589. The lowest BCUT2D eigenvalue weighted by molar-refractivity contribution is -0.149. The van der Waals surface area contributed by atoms with Gasteiger partial charge in [0, 0.05) is 0 Å². The first-order valence-corrected chi connectivity index (χ1v) is 6.46. The van der Waals surface area contributed by atoms with Crippen molar-refractivity contribution >= 4 is 12.0 Å². The highest BCUT2D eigenvalue weighted by atomic mass is 16.7. The van der Waals surface area contributed by atoms with Gasteiger partial charge in [0.25, 0.3) is 0 Å². The Kier molecular flexibility index (Phi) is 4.56. The fourth-order valence-corrected chi connectivity index (χ4v) is 2.16. The maximum atomic E-state index is 12.3. The van der Waals surface area contributed by atoms with Crippen molar-refractivity contribution in [1.82, 2.24) is 5.48 Å². The largest absolute Gasteiger partial charge is 0.349 e. The zero-order valence-corrected chi connectivity index (χ0v) is 11.6. The first-order chi connectivity index (χ1) is 10.1. The number of primary amides is 1. The number of rotatable bonds is 3. The van der Waals surface area contributed by atoms with Crippen molar-refractivity contribution in [1.29, 1.82) is 0 Å². The van der Waals surface area contributed by atoms with Gasteiger partial charge in [-0.05, 0) is 23.6 Å². The van der Waals surface area contributed by atoms with E-state index in [9.17, 15) is 9.59 Å². The van der Waals surface area contributed by atoms with Crippen LogP contribution in [0.1, 0.15) is 22.6 Å². The Labute approximate surface area is 122 Å². The fourth-order valence-electron chi connectivity index (χ4n) is 2.16. The van der Waals surface area contributed by atoms with Gasteiger partial charge in [-0.15, -0.1) is 0 Å². The fraction of sp³-hybridized carbons (Fsp3) is 0.125. The monoisotopic (exact) mass is 284 g/mol. The van der Waals surface area contributed by atoms with Gasteiger partial charge in [0.2, 0.25) is 0 Å². The van der Waals surface area contributed by atoms with Crippen LogP contribution in [-0.4, -0.2) is 12.0 Å². The number of aryl methyl sites for hydroxylation is 1. The standard InChI is InChI=1S/C16H16N2O3/c1-11-7-5-6-10-13(11)14(12-8-3-2-4-9-12)15(19)21-18-16(17)20/h2-10,14H,1H3,(H3,17,18,20). The first kappa shape index (κ1) is 14.6. The molecule has 2 aromatic rings. The Hall–Kier alpha value is -2.82. The number of hydrogen-bond acceptors (Lipinski definition) is 3. The minimum Gasteiger partial charge on any atom is -0.349 e. The Balaban J connectivity index is 2.38. The van der Waals surface area contributed by atoms with Gasteiger partial charge < -0.3 is 10.6 Å². The third kappa shape index (κ3) is 3.60. The highest BCUT2D eigenvalue weighted by Gasteiger charge is 2.26. The molecule has 3 N–H and O–H groups in total. The van der Waals surface area contributed by atoms with Gasteiger partial charge in [0.05, 0.1) is 0 Å². The van der Waals surface area contributed by atoms with Crippen molar-refractivity contribution in [2.45, 2.75) is 12.8 Å². The number of nitrogens with one attached hydrogen (secondary N) is 1. The SMILES string of the molecule is Cc1ccccc1C(C(=O)ONC(N)=O)c1ccccc1. The molecule has 5 heteroatoms. The Bertz CT molecular complexity index is 641. The molecule has 2 rings (SSSR count). The number of carbonyl (C=O) groups is 2. The predicted molar refractivity (Wildman–Crippen MR) is 78.3 cm³/mol. The highest BCUT2D eigenvalue weighted by Crippen LogP contribution is 2.28. The number of carbonyl (C=O) groups excluding carboxylic acids is 2. The van der Waals surface area contributed by atoms with Crippen LogP contribution in [0.5, 0.6) is 0 Å². The van der Waals surface area contributed by atoms with Gasteiger partial charge in [-0.2, -0.15) is 5.48 Å². The van der Waals surface area contributed by atoms with E-state index in [-0.39, 0.29) is 0 Å². The average Bonchev–Trinajstić information content (AvgIpc) is 2.48. The summed E-state index contributed by atoms with van der Waals surface area (Å²) in [5.74, 6) is -1.21. The van der Waals surface area contributed by atoms with E-state index in [0.29, 0.717) is 0 Å². The lowest BCUT2D eigenvalue weighted by Gasteiger charge is -2.18. The molecule has 0 spiro atoms. The quantitative estimate of drug-likeness (QED) is 0.848. The Morgan fingerprint density at radius 2 is 1.67 bits per heavy atom. The average molecular weight is 284 g/mol. The van der Waals surface area contributed by atoms with Crippen LogP contribution < -0.4 is 11.2 Å². The van der Waals surface area contributed by atoms with Gasteiger partial charge in [-0.25, -0.2) is 9.59 Å². The maximum absolute atomic E-state index is 12.3. The third-order valence-electron chi connectivity index (χ3n) is 3.12. The smallest absolute Gasteiger partial charge is 0.345 e. The molecular weight excluding hydrogens is 268 g/mol. The summed E-state index contributed by atoms with van der Waals surface area (Å²) in [6, 6.07) is 15.8. The third-order valence-corrected chi connectivity index (χ3v) is 3.12. The van der Waals surface area contributed by atoms with Crippen molar-refractivity contribution < 1.29 is 14.4 Å². The van der Waals surface area contributed by atoms with E-state index in [4.69, 9.17) is 10.6 Å². The van der Waals surface area contributed by atoms with Crippen molar-refractivity contribution in [2.75, 3.05) is 0 Å². The summed E-state index contributed by atoms with van der Waals surface area (Å²) in [5.41, 5.74) is 9.36. The number of hydroxylamine groups is 1. The summed E-state index contributed by atoms with van der Waals surface area (Å²) in [4.78, 5) is 27.8. The lowest BCUT2D eigenvalue weighted by atomic mass is 9.89. The minimum atomic E-state index is -0.917. The molecule has 0 heterocycles. The molecular formula is C16H16N2O3. The second kappa shape index (κ2) is 6.56. The molecule has 0 bridgehead atoms. The molecule has 0 saturated carbocycles. The van der Waals surface area contributed by atoms with E-state index in [1.165, 1.54) is 0 Å². The summed E-state index contributed by atoms with van der Waals surface area (Å²) in [6.07, 6.45) is 0. The molecule has 108 valence electrons. The van der Waals surface area contributed by atoms with Crippen LogP contribution in [0.4, 0.5) is 4.79 Å². The summed E-state index contributed by atoms with van der Waals surface area (Å²) in [7, 11) is 0. The van der Waals surface area contributed by atoms with E-state index in [0.717, 1.165) is 16.7 Å². The molecule has 1 atom stereocenters. The molecule has 0 fully saturated rings. The molecule has 2 aromatic carbocycles. The zero-order chi connectivity index (χ0) is 15.2. The van der Waals surface area contributed by atoms with Crippen molar-refractivity contribution in [2.24, 2.45) is 5.73 Å². The van der Waals surface area contributed by atoms with Crippen LogP contribution >= 0.6 is 0 Å². The van der Waals surface area contributed by atoms with Crippen LogP contribution in [0.3, 0.4) is 0 Å². The molecule has 21 heavy (non-hydrogen) atoms. The summed E-state index contributed by atoms with van der Waals surface area (Å²) in [6.45, 7) is 1.92. The van der Waals surface area contributed by atoms with Gasteiger partial charge in [-0.1, -0.05) is 54.6 Å². The van der Waals surface area contributed by atoms with E-state index in [1.807, 2.05) is 67.0 Å². The summed E-state index contributed by atoms with van der Waals surface area (Å²) >= 11 is 0. The molecule has 0 aliphatic rings. The first-order valence-electron chi connectivity index (χ1n) is 6.46. The van der Waals surface area contributed by atoms with Crippen molar-refractivity contribution in [3.8, 4) is 0 Å². The number of amides is 2. The Morgan fingerprint density at radius 3 is 2.29 bits per heavy atom. The maximum Gasteiger partial charge on any atom is 0.345 e. The predicted octanol–water partition coefficient (Wildman–Crippen LogP) is 2.25. The molecule has 2 amide bonds. The van der Waals surface area contributed by atoms with Gasteiger partial charge in [-0.3, -0.25) is 0 Å². The van der Waals surface area contributed by atoms with Crippen molar-refractivity contribution in [3.05, 3.63) is 71.3 Å². The number of urea groups is 1. The topological polar surface area (TPSA) is 81.4 Å².